The van der Waals surface area contributed by atoms with E-state index in [-0.39, 0.29) is 6.61 Å². The van der Waals surface area contributed by atoms with Crippen molar-refractivity contribution in [1.29, 1.82) is 0 Å². The number of hydrazine groups is 1. The molecular formula is C18H22F3N3O5. The van der Waals surface area contributed by atoms with Crippen LogP contribution in [0.25, 0.3) is 0 Å². The van der Waals surface area contributed by atoms with Crippen molar-refractivity contribution in [2.24, 2.45) is 0 Å². The lowest BCUT2D eigenvalue weighted by atomic mass is 9.98. The first kappa shape index (κ1) is 24.1. The average Bonchev–Trinajstić information content (AvgIpc) is 2.69. The molecule has 160 valence electrons. The molecule has 1 aromatic carbocycles. The van der Waals surface area contributed by atoms with Gasteiger partial charge in [0.2, 0.25) is 11.6 Å². The van der Waals surface area contributed by atoms with E-state index in [2.05, 4.69) is 5.43 Å². The largest absolute Gasteiger partial charge is 0.462 e. The predicted molar refractivity (Wildman–Crippen MR) is 97.4 cm³/mol. The van der Waals surface area contributed by atoms with Gasteiger partial charge in [0.05, 0.1) is 11.5 Å². The maximum absolute atomic E-state index is 14.6. The molecule has 29 heavy (non-hydrogen) atoms. The Kier molecular flexibility index (Phi) is 8.77. The minimum atomic E-state index is -1.99. The highest BCUT2D eigenvalue weighted by Crippen LogP contribution is 2.32. The first-order valence-electron chi connectivity index (χ1n) is 8.86. The summed E-state index contributed by atoms with van der Waals surface area (Å²) in [5.74, 6) is -8.09. The van der Waals surface area contributed by atoms with Crippen LogP contribution in [-0.2, 0) is 9.53 Å². The number of Topliss-reactive ketones (excluding diaryl/α,β-unsaturated/α-hetero) is 1. The number of ether oxygens (including phenoxy) is 1. The second kappa shape index (κ2) is 10.6. The third-order valence-corrected chi connectivity index (χ3v) is 3.98. The van der Waals surface area contributed by atoms with E-state index < -0.39 is 56.5 Å². The summed E-state index contributed by atoms with van der Waals surface area (Å²) in [4.78, 5) is 34.9. The Morgan fingerprint density at radius 1 is 1.14 bits per heavy atom. The van der Waals surface area contributed by atoms with E-state index in [9.17, 15) is 32.9 Å². The highest BCUT2D eigenvalue weighted by molar-refractivity contribution is 6.25. The molecule has 0 saturated carbocycles. The first-order valence-corrected chi connectivity index (χ1v) is 8.86. The lowest BCUT2D eigenvalue weighted by molar-refractivity contribution is -0.388. The lowest BCUT2D eigenvalue weighted by Gasteiger charge is -2.18. The number of halogens is 3. The van der Waals surface area contributed by atoms with Crippen LogP contribution in [0, 0.1) is 34.5 Å². The van der Waals surface area contributed by atoms with Crippen molar-refractivity contribution in [1.82, 2.24) is 10.4 Å². The van der Waals surface area contributed by atoms with Gasteiger partial charge in [-0.05, 0) is 13.3 Å². The van der Waals surface area contributed by atoms with Crippen molar-refractivity contribution in [2.45, 2.75) is 34.1 Å². The van der Waals surface area contributed by atoms with E-state index in [0.717, 1.165) is 13.1 Å². The molecular weight excluding hydrogens is 395 g/mol. The van der Waals surface area contributed by atoms with Gasteiger partial charge in [0.15, 0.2) is 5.82 Å². The molecule has 0 aliphatic heterocycles. The van der Waals surface area contributed by atoms with Gasteiger partial charge in [-0.15, -0.1) is 0 Å². The smallest absolute Gasteiger partial charge is 0.343 e. The summed E-state index contributed by atoms with van der Waals surface area (Å²) in [6.45, 7) is 6.89. The molecule has 0 saturated heterocycles. The Labute approximate surface area is 165 Å². The molecule has 0 aromatic heterocycles. The van der Waals surface area contributed by atoms with E-state index >= 15 is 0 Å². The summed E-state index contributed by atoms with van der Waals surface area (Å²) >= 11 is 0. The van der Waals surface area contributed by atoms with Gasteiger partial charge in [0, 0.05) is 24.9 Å². The van der Waals surface area contributed by atoms with Crippen LogP contribution in [0.3, 0.4) is 0 Å². The molecule has 8 nitrogen and oxygen atoms in total. The van der Waals surface area contributed by atoms with Crippen LogP contribution in [0.1, 0.15) is 43.1 Å². The van der Waals surface area contributed by atoms with E-state index in [0.29, 0.717) is 19.5 Å². The van der Waals surface area contributed by atoms with Gasteiger partial charge in [0.25, 0.3) is 0 Å². The van der Waals surface area contributed by atoms with Crippen LogP contribution in [0.5, 0.6) is 0 Å². The van der Waals surface area contributed by atoms with Gasteiger partial charge >= 0.3 is 11.7 Å². The normalized spacial score (nSPS) is 11.5. The Balaban J connectivity index is 3.63. The zero-order valence-electron chi connectivity index (χ0n) is 16.5. The molecule has 0 bridgehead atoms. The number of hydrogen-bond acceptors (Lipinski definition) is 7. The summed E-state index contributed by atoms with van der Waals surface area (Å²) < 4.78 is 47.3. The SMILES string of the molecule is CCCOC(=O)C(=CNN(CC)CC)C(=O)c1c(F)c(C)c(F)c(F)c1[N+](=O)[O-]. The van der Waals surface area contributed by atoms with Crippen LogP contribution in [-0.4, -0.2) is 41.4 Å². The van der Waals surface area contributed by atoms with Gasteiger partial charge < -0.3 is 10.2 Å². The Morgan fingerprint density at radius 3 is 2.21 bits per heavy atom. The number of ketones is 1. The summed E-state index contributed by atoms with van der Waals surface area (Å²) in [7, 11) is 0. The monoisotopic (exact) mass is 417 g/mol. The van der Waals surface area contributed by atoms with Crippen LogP contribution in [0.4, 0.5) is 18.9 Å². The number of carbonyl (C=O) groups excluding carboxylic acids is 2. The fourth-order valence-electron chi connectivity index (χ4n) is 2.33. The lowest BCUT2D eigenvalue weighted by Crippen LogP contribution is -2.35. The summed E-state index contributed by atoms with van der Waals surface area (Å²) in [6, 6.07) is 0. The van der Waals surface area contributed by atoms with Crippen molar-refractivity contribution in [3.63, 3.8) is 0 Å². The zero-order valence-corrected chi connectivity index (χ0v) is 16.5. The van der Waals surface area contributed by atoms with Crippen LogP contribution in [0.15, 0.2) is 11.8 Å². The number of benzene rings is 1. The minimum absolute atomic E-state index is 0.0733. The number of carbonyl (C=O) groups is 2. The van der Waals surface area contributed by atoms with Gasteiger partial charge in [0.1, 0.15) is 17.0 Å². The average molecular weight is 417 g/mol. The Hall–Kier alpha value is -2.95. The van der Waals surface area contributed by atoms with Gasteiger partial charge in [-0.1, -0.05) is 20.8 Å². The van der Waals surface area contributed by atoms with Crippen LogP contribution < -0.4 is 5.43 Å². The molecule has 0 fully saturated rings. The van der Waals surface area contributed by atoms with Crippen molar-refractivity contribution >= 4 is 17.4 Å². The number of rotatable bonds is 10. The van der Waals surface area contributed by atoms with Gasteiger partial charge in [-0.3, -0.25) is 14.9 Å². The maximum atomic E-state index is 14.6. The first-order chi connectivity index (χ1) is 13.6. The molecule has 0 radical (unpaired) electrons. The van der Waals surface area contributed by atoms with Crippen LogP contribution in [0.2, 0.25) is 0 Å². The second-order valence-corrected chi connectivity index (χ2v) is 5.87. The molecule has 0 heterocycles. The number of esters is 1. The van der Waals surface area contributed by atoms with Crippen molar-refractivity contribution in [3.05, 3.63) is 50.5 Å². The molecule has 0 unspecified atom stereocenters. The molecule has 0 spiro atoms. The Morgan fingerprint density at radius 2 is 1.72 bits per heavy atom. The van der Waals surface area contributed by atoms with Gasteiger partial charge in [-0.2, -0.15) is 4.39 Å². The van der Waals surface area contributed by atoms with Crippen molar-refractivity contribution in [2.75, 3.05) is 19.7 Å². The molecule has 11 heteroatoms. The molecule has 0 aliphatic rings. The standard InChI is InChI=1S/C18H22F3N3O5/c1-5-8-29-18(26)11(9-22-23(6-2)7-3)17(25)12-13(19)10(4)14(20)15(21)16(12)24(27)28/h9,22H,5-8H2,1-4H3. The quantitative estimate of drug-likeness (QED) is 0.0912. The maximum Gasteiger partial charge on any atom is 0.343 e. The number of nitro benzene ring substituents is 1. The number of nitrogens with one attached hydrogen (secondary N) is 1. The summed E-state index contributed by atoms with van der Waals surface area (Å²) in [5, 5.41) is 12.8. The molecule has 1 N–H and O–H groups in total. The van der Waals surface area contributed by atoms with Gasteiger partial charge in [-0.25, -0.2) is 18.6 Å². The van der Waals surface area contributed by atoms with E-state index in [4.69, 9.17) is 4.74 Å². The third-order valence-electron chi connectivity index (χ3n) is 3.98. The van der Waals surface area contributed by atoms with E-state index in [1.54, 1.807) is 25.8 Å². The topological polar surface area (TPSA) is 102 Å². The minimum Gasteiger partial charge on any atom is -0.462 e. The number of nitro groups is 1. The van der Waals surface area contributed by atoms with Crippen molar-refractivity contribution in [3.8, 4) is 0 Å². The summed E-state index contributed by atoms with van der Waals surface area (Å²) in [6.07, 6.45) is 1.31. The number of hydrogen-bond donors (Lipinski definition) is 1. The second-order valence-electron chi connectivity index (χ2n) is 5.87. The van der Waals surface area contributed by atoms with Crippen molar-refractivity contribution < 1.29 is 32.4 Å². The number of nitrogens with zero attached hydrogens (tertiary/aromatic N) is 2. The predicted octanol–water partition coefficient (Wildman–Crippen LogP) is 3.19. The fraction of sp³-hybridized carbons (Fsp3) is 0.444. The molecule has 0 amide bonds. The molecule has 0 atom stereocenters. The summed E-state index contributed by atoms with van der Waals surface area (Å²) in [5.41, 5.74) is -2.13. The molecule has 0 aliphatic carbocycles. The highest BCUT2D eigenvalue weighted by atomic mass is 19.2. The fourth-order valence-corrected chi connectivity index (χ4v) is 2.33. The molecule has 1 rings (SSSR count). The highest BCUT2D eigenvalue weighted by Gasteiger charge is 2.37. The zero-order chi connectivity index (χ0) is 22.3. The third kappa shape index (κ3) is 5.31. The molecule has 1 aromatic rings. The van der Waals surface area contributed by atoms with E-state index in [1.165, 1.54) is 0 Å². The Bertz CT molecular complexity index is 839. The van der Waals surface area contributed by atoms with Crippen LogP contribution >= 0.6 is 0 Å². The van der Waals surface area contributed by atoms with E-state index in [1.807, 2.05) is 0 Å².